The van der Waals surface area contributed by atoms with Crippen LogP contribution in [0.25, 0.3) is 10.2 Å². The number of fused-ring (bicyclic) bond motifs is 1. The molecule has 0 saturated carbocycles. The summed E-state index contributed by atoms with van der Waals surface area (Å²) in [6, 6.07) is 4.64. The molecule has 9 heteroatoms. The molecule has 0 aliphatic carbocycles. The molecule has 2 rings (SSSR count). The Balaban J connectivity index is 2.40. The van der Waals surface area contributed by atoms with Gasteiger partial charge < -0.3 is 5.32 Å². The minimum absolute atomic E-state index is 0.151. The van der Waals surface area contributed by atoms with Crippen LogP contribution >= 0.6 is 22.9 Å². The van der Waals surface area contributed by atoms with Gasteiger partial charge in [0.2, 0.25) is 15.9 Å². The highest BCUT2D eigenvalue weighted by atomic mass is 35.5. The van der Waals surface area contributed by atoms with Gasteiger partial charge in [0.05, 0.1) is 15.1 Å². The number of alkyl halides is 1. The number of hydrogen-bond donors (Lipinski definition) is 1. The Morgan fingerprint density at radius 1 is 1.33 bits per heavy atom. The number of thiazole rings is 1. The van der Waals surface area contributed by atoms with Crippen LogP contribution in [0.15, 0.2) is 48.4 Å². The largest absolute Gasteiger partial charge is 0.301 e. The van der Waals surface area contributed by atoms with Gasteiger partial charge in [0, 0.05) is 13.1 Å². The lowest BCUT2D eigenvalue weighted by molar-refractivity contribution is -0.113. The molecule has 2 aromatic rings. The molecule has 128 valence electrons. The molecule has 1 amide bonds. The first kappa shape index (κ1) is 18.6. The molecular weight excluding hydrogens is 370 g/mol. The lowest BCUT2D eigenvalue weighted by atomic mass is 10.3. The van der Waals surface area contributed by atoms with E-state index in [1.807, 2.05) is 0 Å². The quantitative estimate of drug-likeness (QED) is 0.559. The number of hydrogen-bond acceptors (Lipinski definition) is 5. The van der Waals surface area contributed by atoms with Crippen molar-refractivity contribution in [2.45, 2.75) is 4.90 Å². The van der Waals surface area contributed by atoms with E-state index in [2.05, 4.69) is 23.5 Å². The molecule has 0 spiro atoms. The average Bonchev–Trinajstić information content (AvgIpc) is 2.95. The lowest BCUT2D eigenvalue weighted by Crippen LogP contribution is -2.31. The van der Waals surface area contributed by atoms with Crippen LogP contribution in [0.2, 0.25) is 0 Å². The maximum Gasteiger partial charge on any atom is 0.243 e. The van der Waals surface area contributed by atoms with Gasteiger partial charge in [-0.3, -0.25) is 4.79 Å². The van der Waals surface area contributed by atoms with E-state index in [9.17, 15) is 13.2 Å². The number of amides is 1. The SMILES string of the molecule is C=CCN(CC=C)S(=O)(=O)c1ccc2nc(NC(=O)CCl)sc2c1. The van der Waals surface area contributed by atoms with Crippen LogP contribution in [-0.2, 0) is 14.8 Å². The first-order valence-corrected chi connectivity index (χ1v) is 9.69. The van der Waals surface area contributed by atoms with Gasteiger partial charge in [0.25, 0.3) is 0 Å². The number of halogens is 1. The highest BCUT2D eigenvalue weighted by Crippen LogP contribution is 2.29. The summed E-state index contributed by atoms with van der Waals surface area (Å²) in [6.07, 6.45) is 3.04. The average molecular weight is 386 g/mol. The molecule has 0 aliphatic heterocycles. The molecule has 1 heterocycles. The monoisotopic (exact) mass is 385 g/mol. The van der Waals surface area contributed by atoms with E-state index in [-0.39, 0.29) is 29.8 Å². The summed E-state index contributed by atoms with van der Waals surface area (Å²) < 4.78 is 27.3. The fourth-order valence-corrected chi connectivity index (χ4v) is 4.45. The number of rotatable bonds is 8. The molecule has 6 nitrogen and oxygen atoms in total. The third-order valence-corrected chi connectivity index (χ3v) is 6.03. The van der Waals surface area contributed by atoms with Crippen molar-refractivity contribution in [3.8, 4) is 0 Å². The molecule has 24 heavy (non-hydrogen) atoms. The molecule has 0 unspecified atom stereocenters. The number of carbonyl (C=O) groups is 1. The van der Waals surface area contributed by atoms with Crippen molar-refractivity contribution >= 4 is 54.2 Å². The zero-order valence-electron chi connectivity index (χ0n) is 12.7. The Kier molecular flexibility index (Phi) is 6.11. The number of carbonyl (C=O) groups excluding carboxylic acids is 1. The Morgan fingerprint density at radius 3 is 2.58 bits per heavy atom. The summed E-state index contributed by atoms with van der Waals surface area (Å²) >= 11 is 6.63. The standard InChI is InChI=1S/C15H16ClN3O3S2/c1-3-7-19(8-4-2)24(21,22)11-5-6-12-13(9-11)23-15(17-12)18-14(20)10-16/h3-6,9H,1-2,7-8,10H2,(H,17,18,20). The van der Waals surface area contributed by atoms with Gasteiger partial charge in [-0.15, -0.1) is 24.8 Å². The van der Waals surface area contributed by atoms with Crippen molar-refractivity contribution < 1.29 is 13.2 Å². The first-order valence-electron chi connectivity index (χ1n) is 6.90. The predicted octanol–water partition coefficient (Wildman–Crippen LogP) is 2.84. The third kappa shape index (κ3) is 4.02. The fourth-order valence-electron chi connectivity index (χ4n) is 1.98. The minimum Gasteiger partial charge on any atom is -0.301 e. The number of nitrogens with one attached hydrogen (secondary N) is 1. The highest BCUT2D eigenvalue weighted by Gasteiger charge is 2.23. The van der Waals surface area contributed by atoms with Crippen LogP contribution in [0.4, 0.5) is 5.13 Å². The Morgan fingerprint density at radius 2 is 2.00 bits per heavy atom. The second-order valence-corrected chi connectivity index (χ2v) is 7.97. The first-order chi connectivity index (χ1) is 11.4. The van der Waals surface area contributed by atoms with E-state index in [4.69, 9.17) is 11.6 Å². The van der Waals surface area contributed by atoms with Gasteiger partial charge in [-0.05, 0) is 18.2 Å². The van der Waals surface area contributed by atoms with E-state index in [0.717, 1.165) is 0 Å². The van der Waals surface area contributed by atoms with Crippen LogP contribution in [0.1, 0.15) is 0 Å². The number of benzene rings is 1. The molecule has 0 fully saturated rings. The molecular formula is C15H16ClN3O3S2. The number of sulfonamides is 1. The zero-order chi connectivity index (χ0) is 17.7. The van der Waals surface area contributed by atoms with Gasteiger partial charge in [-0.1, -0.05) is 23.5 Å². The van der Waals surface area contributed by atoms with Gasteiger partial charge in [-0.25, -0.2) is 13.4 Å². The maximum atomic E-state index is 12.7. The van der Waals surface area contributed by atoms with E-state index >= 15 is 0 Å². The van der Waals surface area contributed by atoms with Crippen molar-refractivity contribution in [1.29, 1.82) is 0 Å². The topological polar surface area (TPSA) is 79.4 Å². The highest BCUT2D eigenvalue weighted by molar-refractivity contribution is 7.89. The minimum atomic E-state index is -3.67. The summed E-state index contributed by atoms with van der Waals surface area (Å²) in [7, 11) is -3.67. The Labute approximate surface area is 149 Å². The van der Waals surface area contributed by atoms with Crippen molar-refractivity contribution in [2.24, 2.45) is 0 Å². The van der Waals surface area contributed by atoms with Crippen LogP contribution in [0.3, 0.4) is 0 Å². The van der Waals surface area contributed by atoms with Crippen LogP contribution in [0.5, 0.6) is 0 Å². The Bertz CT molecular complexity index is 867. The van der Waals surface area contributed by atoms with Crippen molar-refractivity contribution in [3.63, 3.8) is 0 Å². The lowest BCUT2D eigenvalue weighted by Gasteiger charge is -2.18. The number of nitrogens with zero attached hydrogens (tertiary/aromatic N) is 2. The molecule has 0 atom stereocenters. The zero-order valence-corrected chi connectivity index (χ0v) is 15.1. The van der Waals surface area contributed by atoms with Gasteiger partial charge in [-0.2, -0.15) is 4.31 Å². The maximum absolute atomic E-state index is 12.7. The third-order valence-electron chi connectivity index (χ3n) is 3.03. The normalized spacial score (nSPS) is 11.6. The molecule has 0 saturated heterocycles. The second kappa shape index (κ2) is 7.89. The van der Waals surface area contributed by atoms with Gasteiger partial charge in [0.15, 0.2) is 5.13 Å². The smallest absolute Gasteiger partial charge is 0.243 e. The molecule has 1 aromatic carbocycles. The van der Waals surface area contributed by atoms with Crippen molar-refractivity contribution in [1.82, 2.24) is 9.29 Å². The van der Waals surface area contributed by atoms with Crippen LogP contribution < -0.4 is 5.32 Å². The summed E-state index contributed by atoms with van der Waals surface area (Å²) in [5.41, 5.74) is 0.600. The van der Waals surface area contributed by atoms with Crippen LogP contribution in [-0.4, -0.2) is 42.6 Å². The molecule has 0 aliphatic rings. The van der Waals surface area contributed by atoms with Gasteiger partial charge >= 0.3 is 0 Å². The molecule has 0 radical (unpaired) electrons. The Hall–Kier alpha value is -1.74. The molecule has 1 aromatic heterocycles. The predicted molar refractivity (Wildman–Crippen MR) is 98.1 cm³/mol. The second-order valence-electron chi connectivity index (χ2n) is 4.73. The van der Waals surface area contributed by atoms with Gasteiger partial charge in [0.1, 0.15) is 5.88 Å². The van der Waals surface area contributed by atoms with E-state index in [1.165, 1.54) is 39.9 Å². The van der Waals surface area contributed by atoms with E-state index < -0.39 is 10.0 Å². The molecule has 0 bridgehead atoms. The summed E-state index contributed by atoms with van der Waals surface area (Å²) in [6.45, 7) is 7.53. The van der Waals surface area contributed by atoms with Crippen molar-refractivity contribution in [2.75, 3.05) is 24.3 Å². The van der Waals surface area contributed by atoms with E-state index in [0.29, 0.717) is 15.3 Å². The van der Waals surface area contributed by atoms with Crippen molar-refractivity contribution in [3.05, 3.63) is 43.5 Å². The van der Waals surface area contributed by atoms with Crippen LogP contribution in [0, 0.1) is 0 Å². The number of anilines is 1. The van der Waals surface area contributed by atoms with E-state index in [1.54, 1.807) is 6.07 Å². The number of aromatic nitrogens is 1. The summed E-state index contributed by atoms with van der Waals surface area (Å²) in [5.74, 6) is -0.542. The summed E-state index contributed by atoms with van der Waals surface area (Å²) in [4.78, 5) is 15.7. The fraction of sp³-hybridized carbons (Fsp3) is 0.200. The molecule has 1 N–H and O–H groups in total. The summed E-state index contributed by atoms with van der Waals surface area (Å²) in [5, 5.41) is 2.93.